The Balaban J connectivity index is 2.14. The van der Waals surface area contributed by atoms with Crippen LogP contribution in [0.25, 0.3) is 0 Å². The fraction of sp³-hybridized carbons (Fsp3) is 0. The topological polar surface area (TPSA) is 104 Å². The van der Waals surface area contributed by atoms with Crippen LogP contribution in [0.4, 0.5) is 26.0 Å². The molecule has 0 atom stereocenters. The number of anilines is 3. The predicted molar refractivity (Wildman–Crippen MR) is 66.8 cm³/mol. The molecule has 0 aliphatic heterocycles. The lowest BCUT2D eigenvalue weighted by Gasteiger charge is -2.07. The normalized spacial score (nSPS) is 11.2. The van der Waals surface area contributed by atoms with E-state index in [-0.39, 0.29) is 11.5 Å². The van der Waals surface area contributed by atoms with Gasteiger partial charge in [0.2, 0.25) is 5.95 Å². The zero-order valence-corrected chi connectivity index (χ0v) is 10.5. The highest BCUT2D eigenvalue weighted by Gasteiger charge is 2.06. The molecule has 1 aromatic heterocycles. The van der Waals surface area contributed by atoms with Crippen LogP contribution in [0.5, 0.6) is 0 Å². The molecule has 2 rings (SSSR count). The largest absolute Gasteiger partial charge is 0.357 e. The van der Waals surface area contributed by atoms with Crippen molar-refractivity contribution in [1.29, 1.82) is 0 Å². The Morgan fingerprint density at radius 3 is 2.20 bits per heavy atom. The van der Waals surface area contributed by atoms with Crippen LogP contribution in [-0.4, -0.2) is 22.9 Å². The first-order valence-corrected chi connectivity index (χ1v) is 6.58. The van der Waals surface area contributed by atoms with Gasteiger partial charge in [-0.05, 0) is 24.3 Å². The number of halogens is 2. The second-order valence-corrected chi connectivity index (χ2v) is 4.78. The summed E-state index contributed by atoms with van der Waals surface area (Å²) in [4.78, 5) is 6.17. The molecule has 1 aromatic carbocycles. The maximum absolute atomic E-state index is 12.8. The fourth-order valence-electron chi connectivity index (χ4n) is 1.37. The maximum atomic E-state index is 12.8. The Morgan fingerprint density at radius 1 is 1.05 bits per heavy atom. The molecule has 0 radical (unpaired) electrons. The van der Waals surface area contributed by atoms with Gasteiger partial charge in [0.1, 0.15) is 5.82 Å². The Labute approximate surface area is 112 Å². The standard InChI is InChI=1S/C10H8F2N4O3S/c11-8-5-9(15-10(12)14-8)13-6-1-3-7(4-2-6)16-20(17,18)19/h1-5,16H,(H,13,14,15)(H,17,18,19). The molecule has 0 saturated carbocycles. The summed E-state index contributed by atoms with van der Waals surface area (Å²) in [5, 5.41) is 2.60. The number of benzene rings is 1. The van der Waals surface area contributed by atoms with Crippen LogP contribution >= 0.6 is 0 Å². The van der Waals surface area contributed by atoms with Crippen LogP contribution in [0.1, 0.15) is 0 Å². The van der Waals surface area contributed by atoms with Gasteiger partial charge in [0.15, 0.2) is 0 Å². The third-order valence-electron chi connectivity index (χ3n) is 2.07. The van der Waals surface area contributed by atoms with Gasteiger partial charge in [-0.1, -0.05) is 0 Å². The first kappa shape index (κ1) is 14.1. The number of nitrogens with one attached hydrogen (secondary N) is 2. The zero-order chi connectivity index (χ0) is 14.8. The molecule has 3 N–H and O–H groups in total. The van der Waals surface area contributed by atoms with E-state index in [1.54, 1.807) is 0 Å². The van der Waals surface area contributed by atoms with E-state index in [1.165, 1.54) is 24.3 Å². The quantitative estimate of drug-likeness (QED) is 0.451. The molecule has 0 fully saturated rings. The average Bonchev–Trinajstić information content (AvgIpc) is 2.28. The number of hydrogen-bond acceptors (Lipinski definition) is 5. The molecular weight excluding hydrogens is 294 g/mol. The smallest absolute Gasteiger partial charge is 0.340 e. The van der Waals surface area contributed by atoms with E-state index in [2.05, 4.69) is 15.3 Å². The van der Waals surface area contributed by atoms with E-state index in [1.807, 2.05) is 4.72 Å². The first-order valence-electron chi connectivity index (χ1n) is 5.14. The third kappa shape index (κ3) is 4.10. The van der Waals surface area contributed by atoms with E-state index in [9.17, 15) is 17.2 Å². The monoisotopic (exact) mass is 302 g/mol. The summed E-state index contributed by atoms with van der Waals surface area (Å²) >= 11 is 0. The van der Waals surface area contributed by atoms with Crippen molar-refractivity contribution >= 4 is 27.5 Å². The van der Waals surface area contributed by atoms with Gasteiger partial charge in [-0.2, -0.15) is 27.2 Å². The van der Waals surface area contributed by atoms with Crippen molar-refractivity contribution in [2.24, 2.45) is 0 Å². The Kier molecular flexibility index (Phi) is 3.77. The SMILES string of the molecule is O=S(=O)(O)Nc1ccc(Nc2cc(F)nc(F)n2)cc1. The predicted octanol–water partition coefficient (Wildman–Crippen LogP) is 1.71. The van der Waals surface area contributed by atoms with Gasteiger partial charge in [0.25, 0.3) is 0 Å². The Hall–Kier alpha value is -2.33. The highest BCUT2D eigenvalue weighted by molar-refractivity contribution is 7.87. The second-order valence-electron chi connectivity index (χ2n) is 3.62. The Morgan fingerprint density at radius 2 is 1.65 bits per heavy atom. The van der Waals surface area contributed by atoms with Crippen molar-refractivity contribution in [2.45, 2.75) is 0 Å². The summed E-state index contributed by atoms with van der Waals surface area (Å²) < 4.78 is 57.2. The van der Waals surface area contributed by atoms with Gasteiger partial charge in [-0.25, -0.2) is 0 Å². The number of rotatable bonds is 4. The number of nitrogens with zero attached hydrogens (tertiary/aromatic N) is 2. The summed E-state index contributed by atoms with van der Waals surface area (Å²) in [6, 6.07) is 6.41. The summed E-state index contributed by atoms with van der Waals surface area (Å²) in [6.07, 6.45) is -1.21. The summed E-state index contributed by atoms with van der Waals surface area (Å²) in [6.45, 7) is 0. The van der Waals surface area contributed by atoms with Crippen molar-refractivity contribution < 1.29 is 21.8 Å². The van der Waals surface area contributed by atoms with Crippen molar-refractivity contribution in [3.8, 4) is 0 Å². The van der Waals surface area contributed by atoms with E-state index in [0.29, 0.717) is 5.69 Å². The van der Waals surface area contributed by atoms with Gasteiger partial charge in [0, 0.05) is 11.8 Å². The lowest BCUT2D eigenvalue weighted by atomic mass is 10.3. The highest BCUT2D eigenvalue weighted by atomic mass is 32.2. The molecule has 106 valence electrons. The molecule has 0 aliphatic rings. The van der Waals surface area contributed by atoms with E-state index in [0.717, 1.165) is 6.07 Å². The van der Waals surface area contributed by atoms with E-state index < -0.39 is 22.3 Å². The van der Waals surface area contributed by atoms with Crippen molar-refractivity contribution in [3.63, 3.8) is 0 Å². The molecule has 0 amide bonds. The molecular formula is C10H8F2N4O3S. The number of aromatic nitrogens is 2. The molecule has 1 heterocycles. The fourth-order valence-corrected chi connectivity index (χ4v) is 1.81. The highest BCUT2D eigenvalue weighted by Crippen LogP contribution is 2.18. The lowest BCUT2D eigenvalue weighted by Crippen LogP contribution is -2.10. The lowest BCUT2D eigenvalue weighted by molar-refractivity contribution is 0.484. The molecule has 0 spiro atoms. The summed E-state index contributed by atoms with van der Waals surface area (Å²) in [5.41, 5.74) is 0.529. The summed E-state index contributed by atoms with van der Waals surface area (Å²) in [7, 11) is -4.35. The van der Waals surface area contributed by atoms with Gasteiger partial charge >= 0.3 is 16.4 Å². The van der Waals surface area contributed by atoms with Crippen molar-refractivity contribution in [1.82, 2.24) is 9.97 Å². The minimum Gasteiger partial charge on any atom is -0.340 e. The molecule has 20 heavy (non-hydrogen) atoms. The maximum Gasteiger partial charge on any atom is 0.357 e. The van der Waals surface area contributed by atoms with Gasteiger partial charge in [-0.15, -0.1) is 0 Å². The van der Waals surface area contributed by atoms with Crippen LogP contribution < -0.4 is 10.0 Å². The van der Waals surface area contributed by atoms with Crippen LogP contribution in [0.15, 0.2) is 30.3 Å². The third-order valence-corrected chi connectivity index (χ3v) is 2.57. The van der Waals surface area contributed by atoms with E-state index in [4.69, 9.17) is 4.55 Å². The molecule has 0 saturated heterocycles. The molecule has 0 aliphatic carbocycles. The van der Waals surface area contributed by atoms with Crippen molar-refractivity contribution in [3.05, 3.63) is 42.4 Å². The Bertz CT molecular complexity index is 702. The van der Waals surface area contributed by atoms with Gasteiger partial charge < -0.3 is 5.32 Å². The summed E-state index contributed by atoms with van der Waals surface area (Å²) in [5.74, 6) is -1.12. The number of hydrogen-bond donors (Lipinski definition) is 3. The van der Waals surface area contributed by atoms with Gasteiger partial charge in [0.05, 0.1) is 5.69 Å². The molecule has 10 heteroatoms. The minimum absolute atomic E-state index is 0.0921. The second kappa shape index (κ2) is 5.35. The average molecular weight is 302 g/mol. The minimum atomic E-state index is -4.35. The van der Waals surface area contributed by atoms with Crippen molar-refractivity contribution in [2.75, 3.05) is 10.0 Å². The van der Waals surface area contributed by atoms with Gasteiger partial charge in [-0.3, -0.25) is 9.27 Å². The molecule has 0 bridgehead atoms. The first-order chi connectivity index (χ1) is 9.32. The van der Waals surface area contributed by atoms with Crippen LogP contribution in [0.3, 0.4) is 0 Å². The zero-order valence-electron chi connectivity index (χ0n) is 9.71. The molecule has 0 unspecified atom stereocenters. The van der Waals surface area contributed by atoms with E-state index >= 15 is 0 Å². The van der Waals surface area contributed by atoms with Crippen LogP contribution in [0, 0.1) is 12.0 Å². The van der Waals surface area contributed by atoms with Crippen LogP contribution in [-0.2, 0) is 10.3 Å². The van der Waals surface area contributed by atoms with Crippen LogP contribution in [0.2, 0.25) is 0 Å². The molecule has 2 aromatic rings. The molecule has 7 nitrogen and oxygen atoms in total.